The number of ether oxygens (including phenoxy) is 1. The van der Waals surface area contributed by atoms with Crippen LogP contribution in [0.2, 0.25) is 0 Å². The number of aliphatic carboxylic acids is 1. The summed E-state index contributed by atoms with van der Waals surface area (Å²) in [6, 6.07) is 0. The van der Waals surface area contributed by atoms with Crippen LogP contribution in [0.15, 0.2) is 12.2 Å². The Hall–Kier alpha value is -1.32. The van der Waals surface area contributed by atoms with Crippen LogP contribution in [0.25, 0.3) is 0 Å². The van der Waals surface area contributed by atoms with Gasteiger partial charge in [-0.1, -0.05) is 6.58 Å². The average molecular weight is 186 g/mol. The van der Waals surface area contributed by atoms with Crippen molar-refractivity contribution in [3.05, 3.63) is 12.2 Å². The van der Waals surface area contributed by atoms with Crippen LogP contribution in [-0.2, 0) is 14.3 Å². The summed E-state index contributed by atoms with van der Waals surface area (Å²) in [5, 5.41) is 7.89. The number of carbonyl (C=O) groups excluding carboxylic acids is 1. The molecule has 0 spiro atoms. The van der Waals surface area contributed by atoms with E-state index in [2.05, 4.69) is 11.3 Å². The molecule has 0 unspecified atom stereocenters. The largest absolute Gasteiger partial charge is 0.478 e. The minimum atomic E-state index is -0.935. The Morgan fingerprint density at radius 1 is 1.54 bits per heavy atom. The Labute approximate surface area is 77.2 Å². The Balaban J connectivity index is 0.000000226. The lowest BCUT2D eigenvalue weighted by Gasteiger charge is -2.08. The monoisotopic (exact) mass is 186 g/mol. The van der Waals surface area contributed by atoms with Crippen LogP contribution >= 0.6 is 0 Å². The summed E-state index contributed by atoms with van der Waals surface area (Å²) in [5.41, 5.74) is 0.176. The zero-order chi connectivity index (χ0) is 10.3. The molecule has 0 aromatic heterocycles. The maximum Gasteiger partial charge on any atom is 0.330 e. The standard InChI is InChI=1S/C5H8O2.C4H6O2/c6-5-3-1-2-4-7-5;1-3(2)4(5)6/h1-4H2;1H2,2H3,(H,5,6). The number of carbonyl (C=O) groups is 2. The van der Waals surface area contributed by atoms with Crippen LogP contribution in [0.1, 0.15) is 26.2 Å². The maximum atomic E-state index is 10.2. The van der Waals surface area contributed by atoms with Gasteiger partial charge in [-0.25, -0.2) is 4.79 Å². The van der Waals surface area contributed by atoms with Gasteiger partial charge in [0.25, 0.3) is 0 Å². The molecule has 0 atom stereocenters. The van der Waals surface area contributed by atoms with Crippen LogP contribution in [0.4, 0.5) is 0 Å². The van der Waals surface area contributed by atoms with Crippen LogP contribution in [0.5, 0.6) is 0 Å². The third-order valence-corrected chi connectivity index (χ3v) is 1.40. The van der Waals surface area contributed by atoms with E-state index in [0.717, 1.165) is 12.8 Å². The van der Waals surface area contributed by atoms with Gasteiger partial charge >= 0.3 is 11.9 Å². The molecular formula is C9H14O4. The van der Waals surface area contributed by atoms with Gasteiger partial charge in [-0.05, 0) is 19.8 Å². The predicted molar refractivity (Wildman–Crippen MR) is 47.3 cm³/mol. The minimum Gasteiger partial charge on any atom is -0.478 e. The van der Waals surface area contributed by atoms with E-state index in [1.807, 2.05) is 0 Å². The molecule has 74 valence electrons. The van der Waals surface area contributed by atoms with Crippen molar-refractivity contribution in [3.63, 3.8) is 0 Å². The number of rotatable bonds is 1. The first-order chi connectivity index (χ1) is 6.04. The highest BCUT2D eigenvalue weighted by Gasteiger charge is 2.06. The van der Waals surface area contributed by atoms with Crippen LogP contribution < -0.4 is 0 Å². The van der Waals surface area contributed by atoms with Gasteiger partial charge in [-0.3, -0.25) is 4.79 Å². The molecule has 0 saturated carbocycles. The molecule has 0 aromatic rings. The van der Waals surface area contributed by atoms with Crippen molar-refractivity contribution < 1.29 is 19.4 Å². The Bertz CT molecular complexity index is 188. The SMILES string of the molecule is C=C(C)C(=O)O.O=C1CCCCO1. The maximum absolute atomic E-state index is 10.2. The highest BCUT2D eigenvalue weighted by Crippen LogP contribution is 2.04. The summed E-state index contributed by atoms with van der Waals surface area (Å²) in [5.74, 6) is -0.971. The molecular weight excluding hydrogens is 172 g/mol. The molecule has 0 amide bonds. The highest BCUT2D eigenvalue weighted by atomic mass is 16.5. The first kappa shape index (κ1) is 11.7. The average Bonchev–Trinajstić information content (AvgIpc) is 2.06. The van der Waals surface area contributed by atoms with Crippen LogP contribution in [-0.4, -0.2) is 23.7 Å². The van der Waals surface area contributed by atoms with Crippen molar-refractivity contribution in [2.75, 3.05) is 6.61 Å². The fourth-order valence-corrected chi connectivity index (χ4v) is 0.630. The molecule has 0 aromatic carbocycles. The summed E-state index contributed by atoms with van der Waals surface area (Å²) in [6.07, 6.45) is 2.69. The number of carboxylic acid groups (broad SMARTS) is 1. The van der Waals surface area contributed by atoms with Gasteiger partial charge in [0.15, 0.2) is 0 Å². The van der Waals surface area contributed by atoms with Crippen LogP contribution in [0, 0.1) is 0 Å². The van der Waals surface area contributed by atoms with Gasteiger partial charge in [-0.2, -0.15) is 0 Å². The van der Waals surface area contributed by atoms with E-state index in [-0.39, 0.29) is 11.5 Å². The van der Waals surface area contributed by atoms with Crippen molar-refractivity contribution in [2.24, 2.45) is 0 Å². The summed E-state index contributed by atoms with van der Waals surface area (Å²) < 4.78 is 4.64. The molecule has 1 fully saturated rings. The van der Waals surface area contributed by atoms with E-state index in [0.29, 0.717) is 13.0 Å². The molecule has 13 heavy (non-hydrogen) atoms. The smallest absolute Gasteiger partial charge is 0.330 e. The molecule has 1 N–H and O–H groups in total. The zero-order valence-electron chi connectivity index (χ0n) is 7.71. The van der Waals surface area contributed by atoms with Gasteiger partial charge < -0.3 is 9.84 Å². The molecule has 0 aliphatic carbocycles. The second-order valence-electron chi connectivity index (χ2n) is 2.76. The number of cyclic esters (lactones) is 1. The van der Waals surface area contributed by atoms with E-state index in [4.69, 9.17) is 5.11 Å². The molecule has 1 aliphatic heterocycles. The fraction of sp³-hybridized carbons (Fsp3) is 0.556. The Morgan fingerprint density at radius 3 is 2.23 bits per heavy atom. The van der Waals surface area contributed by atoms with Crippen LogP contribution in [0.3, 0.4) is 0 Å². The van der Waals surface area contributed by atoms with Crippen molar-refractivity contribution >= 4 is 11.9 Å². The van der Waals surface area contributed by atoms with Gasteiger partial charge in [-0.15, -0.1) is 0 Å². The lowest BCUT2D eigenvalue weighted by Crippen LogP contribution is -2.10. The molecule has 1 aliphatic rings. The lowest BCUT2D eigenvalue weighted by molar-refractivity contribution is -0.146. The first-order valence-corrected chi connectivity index (χ1v) is 4.08. The zero-order valence-corrected chi connectivity index (χ0v) is 7.71. The molecule has 1 saturated heterocycles. The molecule has 1 rings (SSSR count). The highest BCUT2D eigenvalue weighted by molar-refractivity contribution is 5.84. The molecule has 0 bridgehead atoms. The topological polar surface area (TPSA) is 63.6 Å². The summed E-state index contributed by atoms with van der Waals surface area (Å²) >= 11 is 0. The summed E-state index contributed by atoms with van der Waals surface area (Å²) in [7, 11) is 0. The Kier molecular flexibility index (Phi) is 5.59. The lowest BCUT2D eigenvalue weighted by atomic mass is 10.2. The van der Waals surface area contributed by atoms with Gasteiger partial charge in [0.05, 0.1) is 6.61 Å². The van der Waals surface area contributed by atoms with E-state index in [1.54, 1.807) is 0 Å². The molecule has 4 nitrogen and oxygen atoms in total. The number of carboxylic acids is 1. The summed E-state index contributed by atoms with van der Waals surface area (Å²) in [4.78, 5) is 19.8. The normalized spacial score (nSPS) is 15.0. The minimum absolute atomic E-state index is 0.0359. The second-order valence-corrected chi connectivity index (χ2v) is 2.76. The van der Waals surface area contributed by atoms with Gasteiger partial charge in [0.2, 0.25) is 0 Å². The quantitative estimate of drug-likeness (QED) is 0.496. The fourth-order valence-electron chi connectivity index (χ4n) is 0.630. The first-order valence-electron chi connectivity index (χ1n) is 4.08. The van der Waals surface area contributed by atoms with Gasteiger partial charge in [0.1, 0.15) is 0 Å². The third-order valence-electron chi connectivity index (χ3n) is 1.40. The number of hydrogen-bond donors (Lipinski definition) is 1. The summed E-state index contributed by atoms with van der Waals surface area (Å²) in [6.45, 7) is 5.24. The van der Waals surface area contributed by atoms with Crippen molar-refractivity contribution in [1.29, 1.82) is 0 Å². The Morgan fingerprint density at radius 2 is 2.08 bits per heavy atom. The van der Waals surface area contributed by atoms with E-state index in [9.17, 15) is 9.59 Å². The van der Waals surface area contributed by atoms with Crippen molar-refractivity contribution in [2.45, 2.75) is 26.2 Å². The van der Waals surface area contributed by atoms with E-state index >= 15 is 0 Å². The van der Waals surface area contributed by atoms with E-state index in [1.165, 1.54) is 6.92 Å². The third kappa shape index (κ3) is 7.05. The predicted octanol–water partition coefficient (Wildman–Crippen LogP) is 1.36. The van der Waals surface area contributed by atoms with Gasteiger partial charge in [0, 0.05) is 12.0 Å². The van der Waals surface area contributed by atoms with E-state index < -0.39 is 5.97 Å². The second kappa shape index (κ2) is 6.22. The molecule has 0 radical (unpaired) electrons. The van der Waals surface area contributed by atoms with Crippen molar-refractivity contribution in [3.8, 4) is 0 Å². The molecule has 1 heterocycles. The number of esters is 1. The molecule has 4 heteroatoms. The number of hydrogen-bond acceptors (Lipinski definition) is 3. The van der Waals surface area contributed by atoms with Crippen molar-refractivity contribution in [1.82, 2.24) is 0 Å².